The molecular formula is C17H19F4N3S. The Kier molecular flexibility index (Phi) is 5.66. The van der Waals surface area contributed by atoms with Crippen LogP contribution in [0.15, 0.2) is 29.4 Å². The summed E-state index contributed by atoms with van der Waals surface area (Å²) < 4.78 is 52.8. The van der Waals surface area contributed by atoms with Crippen LogP contribution in [0.2, 0.25) is 0 Å². The summed E-state index contributed by atoms with van der Waals surface area (Å²) in [6.45, 7) is 0. The van der Waals surface area contributed by atoms with Gasteiger partial charge in [0.2, 0.25) is 0 Å². The molecule has 1 heterocycles. The highest BCUT2D eigenvalue weighted by Crippen LogP contribution is 2.36. The molecule has 1 aliphatic rings. The first kappa shape index (κ1) is 18.2. The highest BCUT2D eigenvalue weighted by atomic mass is 32.2. The van der Waals surface area contributed by atoms with Crippen LogP contribution in [0.1, 0.15) is 44.6 Å². The van der Waals surface area contributed by atoms with Crippen molar-refractivity contribution in [1.82, 2.24) is 14.8 Å². The van der Waals surface area contributed by atoms with Gasteiger partial charge in [-0.25, -0.2) is 4.39 Å². The van der Waals surface area contributed by atoms with Crippen molar-refractivity contribution in [2.24, 2.45) is 0 Å². The molecule has 0 spiro atoms. The van der Waals surface area contributed by atoms with Gasteiger partial charge in [0, 0.05) is 17.4 Å². The van der Waals surface area contributed by atoms with Gasteiger partial charge in [0.05, 0.1) is 6.42 Å². The summed E-state index contributed by atoms with van der Waals surface area (Å²) in [6, 6.07) is 6.23. The Hall–Kier alpha value is -1.57. The second-order valence-electron chi connectivity index (χ2n) is 6.19. The zero-order valence-electron chi connectivity index (χ0n) is 13.6. The largest absolute Gasteiger partial charge is 0.389 e. The number of thioether (sulfide) groups is 1. The average Bonchev–Trinajstić information content (AvgIpc) is 2.98. The van der Waals surface area contributed by atoms with E-state index in [1.807, 2.05) is 4.57 Å². The van der Waals surface area contributed by atoms with Crippen molar-refractivity contribution >= 4 is 11.8 Å². The number of rotatable bonds is 5. The van der Waals surface area contributed by atoms with E-state index < -0.39 is 12.6 Å². The Bertz CT molecular complexity index is 708. The minimum absolute atomic E-state index is 0.0997. The highest BCUT2D eigenvalue weighted by molar-refractivity contribution is 7.99. The number of benzene rings is 1. The standard InChI is InChI=1S/C17H19F4N3S/c18-13-6-4-5-12(11-13)15-22-23-16(25-10-9-17(19,20)21)24(15)14-7-2-1-3-8-14/h4-6,11,14H,1-3,7-10H2. The molecule has 0 aliphatic heterocycles. The van der Waals surface area contributed by atoms with Crippen LogP contribution in [0.3, 0.4) is 0 Å². The molecule has 136 valence electrons. The lowest BCUT2D eigenvalue weighted by molar-refractivity contribution is -0.129. The summed E-state index contributed by atoms with van der Waals surface area (Å²) in [5, 5.41) is 8.75. The summed E-state index contributed by atoms with van der Waals surface area (Å²) in [5.74, 6) is 0.0557. The minimum Gasteiger partial charge on any atom is -0.299 e. The van der Waals surface area contributed by atoms with Crippen LogP contribution >= 0.6 is 11.8 Å². The SMILES string of the molecule is Fc1cccc(-c2nnc(SCCC(F)(F)F)n2C2CCCCC2)c1. The molecule has 0 saturated heterocycles. The van der Waals surface area contributed by atoms with Gasteiger partial charge in [0.25, 0.3) is 0 Å². The summed E-state index contributed by atoms with van der Waals surface area (Å²) >= 11 is 1.06. The van der Waals surface area contributed by atoms with E-state index in [-0.39, 0.29) is 17.6 Å². The molecular weight excluding hydrogens is 354 g/mol. The summed E-state index contributed by atoms with van der Waals surface area (Å²) in [4.78, 5) is 0. The van der Waals surface area contributed by atoms with E-state index in [4.69, 9.17) is 0 Å². The lowest BCUT2D eigenvalue weighted by Gasteiger charge is -2.25. The maximum Gasteiger partial charge on any atom is 0.389 e. The maximum absolute atomic E-state index is 13.6. The van der Waals surface area contributed by atoms with Crippen molar-refractivity contribution in [3.8, 4) is 11.4 Å². The van der Waals surface area contributed by atoms with Crippen LogP contribution < -0.4 is 0 Å². The smallest absolute Gasteiger partial charge is 0.299 e. The van der Waals surface area contributed by atoms with Gasteiger partial charge < -0.3 is 0 Å². The van der Waals surface area contributed by atoms with E-state index in [9.17, 15) is 17.6 Å². The number of hydrogen-bond donors (Lipinski definition) is 0. The highest BCUT2D eigenvalue weighted by Gasteiger charge is 2.28. The predicted octanol–water partition coefficient (Wildman–Crippen LogP) is 5.63. The molecule has 0 radical (unpaired) electrons. The van der Waals surface area contributed by atoms with E-state index in [0.717, 1.165) is 43.9 Å². The van der Waals surface area contributed by atoms with E-state index in [2.05, 4.69) is 10.2 Å². The van der Waals surface area contributed by atoms with Crippen molar-refractivity contribution < 1.29 is 17.6 Å². The first-order valence-corrected chi connectivity index (χ1v) is 9.33. The molecule has 2 aromatic rings. The fraction of sp³-hybridized carbons (Fsp3) is 0.529. The van der Waals surface area contributed by atoms with Crippen molar-refractivity contribution in [2.75, 3.05) is 5.75 Å². The first-order chi connectivity index (χ1) is 11.9. The van der Waals surface area contributed by atoms with Gasteiger partial charge in [-0.3, -0.25) is 4.57 Å². The number of alkyl halides is 3. The van der Waals surface area contributed by atoms with Gasteiger partial charge in [0.1, 0.15) is 5.82 Å². The molecule has 3 rings (SSSR count). The Morgan fingerprint density at radius 1 is 1.12 bits per heavy atom. The van der Waals surface area contributed by atoms with Crippen molar-refractivity contribution in [3.63, 3.8) is 0 Å². The van der Waals surface area contributed by atoms with Gasteiger partial charge in [0.15, 0.2) is 11.0 Å². The van der Waals surface area contributed by atoms with E-state index in [1.54, 1.807) is 12.1 Å². The summed E-state index contributed by atoms with van der Waals surface area (Å²) in [6.07, 6.45) is 0.111. The van der Waals surface area contributed by atoms with E-state index in [0.29, 0.717) is 16.5 Å². The first-order valence-electron chi connectivity index (χ1n) is 8.34. The van der Waals surface area contributed by atoms with Crippen LogP contribution in [0.4, 0.5) is 17.6 Å². The fourth-order valence-electron chi connectivity index (χ4n) is 3.13. The van der Waals surface area contributed by atoms with Gasteiger partial charge in [-0.1, -0.05) is 43.2 Å². The molecule has 25 heavy (non-hydrogen) atoms. The van der Waals surface area contributed by atoms with Crippen LogP contribution in [0.25, 0.3) is 11.4 Å². The Morgan fingerprint density at radius 2 is 1.88 bits per heavy atom. The van der Waals surface area contributed by atoms with Gasteiger partial charge >= 0.3 is 6.18 Å². The number of halogens is 4. The predicted molar refractivity (Wildman–Crippen MR) is 88.9 cm³/mol. The van der Waals surface area contributed by atoms with Crippen LogP contribution in [-0.2, 0) is 0 Å². The molecule has 1 aromatic heterocycles. The molecule has 1 fully saturated rings. The van der Waals surface area contributed by atoms with Crippen LogP contribution in [0.5, 0.6) is 0 Å². The number of nitrogens with zero attached hydrogens (tertiary/aromatic N) is 3. The molecule has 1 aliphatic carbocycles. The minimum atomic E-state index is -4.19. The monoisotopic (exact) mass is 373 g/mol. The Morgan fingerprint density at radius 3 is 2.56 bits per heavy atom. The van der Waals surface area contributed by atoms with Crippen LogP contribution in [0, 0.1) is 5.82 Å². The third-order valence-corrected chi connectivity index (χ3v) is 5.25. The lowest BCUT2D eigenvalue weighted by Crippen LogP contribution is -2.15. The molecule has 0 bridgehead atoms. The summed E-state index contributed by atoms with van der Waals surface area (Å²) in [5.41, 5.74) is 0.598. The molecule has 3 nitrogen and oxygen atoms in total. The molecule has 0 amide bonds. The topological polar surface area (TPSA) is 30.7 Å². The molecule has 8 heteroatoms. The molecule has 1 saturated carbocycles. The fourth-order valence-corrected chi connectivity index (χ4v) is 4.12. The average molecular weight is 373 g/mol. The second-order valence-corrected chi connectivity index (χ2v) is 7.25. The molecule has 0 atom stereocenters. The van der Waals surface area contributed by atoms with E-state index >= 15 is 0 Å². The van der Waals surface area contributed by atoms with Gasteiger partial charge in [-0.2, -0.15) is 13.2 Å². The Labute approximate surface area is 147 Å². The number of aromatic nitrogens is 3. The van der Waals surface area contributed by atoms with Crippen LogP contribution in [-0.4, -0.2) is 26.7 Å². The normalized spacial score (nSPS) is 16.3. The third kappa shape index (κ3) is 4.74. The maximum atomic E-state index is 13.6. The number of hydrogen-bond acceptors (Lipinski definition) is 3. The third-order valence-electron chi connectivity index (χ3n) is 4.30. The summed E-state index contributed by atoms with van der Waals surface area (Å²) in [7, 11) is 0. The lowest BCUT2D eigenvalue weighted by atomic mass is 9.95. The zero-order valence-corrected chi connectivity index (χ0v) is 14.4. The molecule has 0 N–H and O–H groups in total. The zero-order chi connectivity index (χ0) is 17.9. The van der Waals surface area contributed by atoms with Crippen molar-refractivity contribution in [3.05, 3.63) is 30.1 Å². The van der Waals surface area contributed by atoms with Gasteiger partial charge in [-0.05, 0) is 25.0 Å². The van der Waals surface area contributed by atoms with Crippen molar-refractivity contribution in [2.45, 2.75) is 55.9 Å². The van der Waals surface area contributed by atoms with Gasteiger partial charge in [-0.15, -0.1) is 10.2 Å². The van der Waals surface area contributed by atoms with Crippen molar-refractivity contribution in [1.29, 1.82) is 0 Å². The molecule has 0 unspecified atom stereocenters. The Balaban J connectivity index is 1.89. The second kappa shape index (κ2) is 7.76. The van der Waals surface area contributed by atoms with E-state index in [1.165, 1.54) is 12.1 Å². The molecule has 1 aromatic carbocycles. The quantitative estimate of drug-likeness (QED) is 0.502.